The first-order chi connectivity index (χ1) is 6.22. The maximum absolute atomic E-state index is 5.53. The summed E-state index contributed by atoms with van der Waals surface area (Å²) in [5, 5.41) is 2.89. The summed E-state index contributed by atoms with van der Waals surface area (Å²) in [5.41, 5.74) is 11.8. The van der Waals surface area contributed by atoms with E-state index in [0.29, 0.717) is 0 Å². The third-order valence-corrected chi connectivity index (χ3v) is 1.51. The number of hydrogen-bond donors (Lipinski definition) is 3. The molecule has 0 unspecified atom stereocenters. The summed E-state index contributed by atoms with van der Waals surface area (Å²) in [6.07, 6.45) is 6.88. The van der Waals surface area contributed by atoms with E-state index in [-0.39, 0.29) is 11.9 Å². The third-order valence-electron chi connectivity index (χ3n) is 1.51. The predicted molar refractivity (Wildman–Crippen MR) is 54.1 cm³/mol. The van der Waals surface area contributed by atoms with E-state index in [1.54, 1.807) is 7.05 Å². The van der Waals surface area contributed by atoms with Gasteiger partial charge in [-0.2, -0.15) is 4.99 Å². The molecule has 0 spiro atoms. The number of nitrogens with zero attached hydrogens (tertiary/aromatic N) is 2. The molecule has 0 radical (unpaired) electrons. The van der Waals surface area contributed by atoms with Crippen LogP contribution in [0.15, 0.2) is 33.9 Å². The van der Waals surface area contributed by atoms with E-state index in [2.05, 4.69) is 15.3 Å². The SMILES string of the molecule is CN=C(N)N=C(N)NC1=CCC=C1. The first kappa shape index (κ1) is 9.31. The van der Waals surface area contributed by atoms with Gasteiger partial charge in [0, 0.05) is 12.7 Å². The fourth-order valence-corrected chi connectivity index (χ4v) is 0.900. The van der Waals surface area contributed by atoms with Crippen molar-refractivity contribution in [3.05, 3.63) is 23.9 Å². The normalized spacial score (nSPS) is 17.5. The van der Waals surface area contributed by atoms with Crippen LogP contribution in [-0.4, -0.2) is 19.0 Å². The topological polar surface area (TPSA) is 88.8 Å². The van der Waals surface area contributed by atoms with E-state index in [1.807, 2.05) is 18.2 Å². The Hall–Kier alpha value is -1.78. The van der Waals surface area contributed by atoms with Gasteiger partial charge in [-0.25, -0.2) is 0 Å². The molecule has 0 saturated carbocycles. The number of aliphatic imine (C=N–C) groups is 2. The molecular formula is C8H13N5. The molecule has 0 fully saturated rings. The first-order valence-electron chi connectivity index (χ1n) is 3.92. The Morgan fingerprint density at radius 2 is 2.31 bits per heavy atom. The number of nitrogens with one attached hydrogen (secondary N) is 1. The minimum Gasteiger partial charge on any atom is -0.369 e. The number of guanidine groups is 2. The van der Waals surface area contributed by atoms with E-state index in [9.17, 15) is 0 Å². The number of allylic oxidation sites excluding steroid dienone is 3. The quantitative estimate of drug-likeness (QED) is 0.380. The van der Waals surface area contributed by atoms with E-state index in [1.165, 1.54) is 0 Å². The zero-order valence-corrected chi connectivity index (χ0v) is 7.49. The summed E-state index contributed by atoms with van der Waals surface area (Å²) in [4.78, 5) is 7.45. The minimum absolute atomic E-state index is 0.160. The molecule has 1 rings (SSSR count). The zero-order valence-electron chi connectivity index (χ0n) is 7.49. The van der Waals surface area contributed by atoms with Crippen molar-refractivity contribution < 1.29 is 0 Å². The van der Waals surface area contributed by atoms with Crippen molar-refractivity contribution >= 4 is 11.9 Å². The van der Waals surface area contributed by atoms with Crippen LogP contribution in [0.1, 0.15) is 6.42 Å². The van der Waals surface area contributed by atoms with Gasteiger partial charge < -0.3 is 16.8 Å². The van der Waals surface area contributed by atoms with E-state index >= 15 is 0 Å². The molecule has 0 aromatic rings. The van der Waals surface area contributed by atoms with Gasteiger partial charge in [-0.05, 0) is 12.5 Å². The molecule has 0 amide bonds. The monoisotopic (exact) mass is 179 g/mol. The summed E-state index contributed by atoms with van der Waals surface area (Å²) in [6, 6.07) is 0. The van der Waals surface area contributed by atoms with Crippen molar-refractivity contribution in [2.75, 3.05) is 7.05 Å². The lowest BCUT2D eigenvalue weighted by Gasteiger charge is -2.03. The van der Waals surface area contributed by atoms with Crippen LogP contribution >= 0.6 is 0 Å². The Morgan fingerprint density at radius 1 is 1.54 bits per heavy atom. The van der Waals surface area contributed by atoms with Gasteiger partial charge >= 0.3 is 0 Å². The Labute approximate surface area is 76.9 Å². The largest absolute Gasteiger partial charge is 0.369 e. The lowest BCUT2D eigenvalue weighted by molar-refractivity contribution is 1.14. The highest BCUT2D eigenvalue weighted by Crippen LogP contribution is 2.03. The van der Waals surface area contributed by atoms with E-state index in [4.69, 9.17) is 11.5 Å². The minimum atomic E-state index is 0.160. The Balaban J connectivity index is 2.54. The highest BCUT2D eigenvalue weighted by Gasteiger charge is 1.98. The standard InChI is InChI=1S/C8H13N5/c1-11-7(9)13-8(10)12-6-4-2-3-5-6/h2,4-5H,3H2,1H3,(H5,9,10,11,12,13). The predicted octanol–water partition coefficient (Wildman–Crippen LogP) is -0.321. The molecule has 0 saturated heterocycles. The van der Waals surface area contributed by atoms with Crippen molar-refractivity contribution in [3.8, 4) is 0 Å². The molecule has 70 valence electrons. The van der Waals surface area contributed by atoms with E-state index in [0.717, 1.165) is 12.1 Å². The van der Waals surface area contributed by atoms with Crippen LogP contribution < -0.4 is 16.8 Å². The molecule has 1 aliphatic carbocycles. The Bertz CT molecular complexity index is 298. The van der Waals surface area contributed by atoms with Crippen LogP contribution in [-0.2, 0) is 0 Å². The molecule has 0 atom stereocenters. The first-order valence-corrected chi connectivity index (χ1v) is 3.92. The van der Waals surface area contributed by atoms with Crippen LogP contribution in [0.2, 0.25) is 0 Å². The van der Waals surface area contributed by atoms with Gasteiger partial charge in [-0.1, -0.05) is 12.2 Å². The maximum Gasteiger partial charge on any atom is 0.218 e. The van der Waals surface area contributed by atoms with E-state index < -0.39 is 0 Å². The van der Waals surface area contributed by atoms with Gasteiger partial charge in [0.1, 0.15) is 0 Å². The lowest BCUT2D eigenvalue weighted by atomic mass is 10.4. The second-order valence-electron chi connectivity index (χ2n) is 2.50. The van der Waals surface area contributed by atoms with Gasteiger partial charge in [0.25, 0.3) is 0 Å². The number of nitrogens with two attached hydrogens (primary N) is 2. The number of hydrogen-bond acceptors (Lipinski definition) is 1. The van der Waals surface area contributed by atoms with Crippen LogP contribution in [0.5, 0.6) is 0 Å². The van der Waals surface area contributed by atoms with Crippen molar-refractivity contribution in [3.63, 3.8) is 0 Å². The van der Waals surface area contributed by atoms with Crippen molar-refractivity contribution in [1.29, 1.82) is 0 Å². The average Bonchev–Trinajstić information content (AvgIpc) is 2.56. The summed E-state index contributed by atoms with van der Waals surface area (Å²) < 4.78 is 0. The molecule has 0 bridgehead atoms. The fourth-order valence-electron chi connectivity index (χ4n) is 0.900. The van der Waals surface area contributed by atoms with Gasteiger partial charge in [0.05, 0.1) is 0 Å². The van der Waals surface area contributed by atoms with Gasteiger partial charge in [0.2, 0.25) is 11.9 Å². The fraction of sp³-hybridized carbons (Fsp3) is 0.250. The summed E-state index contributed by atoms with van der Waals surface area (Å²) in [6.45, 7) is 0. The Kier molecular flexibility index (Phi) is 3.08. The summed E-state index contributed by atoms with van der Waals surface area (Å²) in [5.74, 6) is 0.411. The molecule has 0 aliphatic heterocycles. The second-order valence-corrected chi connectivity index (χ2v) is 2.50. The van der Waals surface area contributed by atoms with Crippen molar-refractivity contribution in [2.24, 2.45) is 21.5 Å². The van der Waals surface area contributed by atoms with Gasteiger partial charge in [-0.15, -0.1) is 0 Å². The lowest BCUT2D eigenvalue weighted by Crippen LogP contribution is -2.32. The third kappa shape index (κ3) is 2.98. The second kappa shape index (κ2) is 4.30. The summed E-state index contributed by atoms with van der Waals surface area (Å²) in [7, 11) is 1.56. The smallest absolute Gasteiger partial charge is 0.218 e. The molecule has 5 N–H and O–H groups in total. The molecule has 5 heteroatoms. The zero-order chi connectivity index (χ0) is 9.68. The molecule has 0 aromatic carbocycles. The molecular weight excluding hydrogens is 166 g/mol. The van der Waals surface area contributed by atoms with Crippen molar-refractivity contribution in [1.82, 2.24) is 5.32 Å². The maximum atomic E-state index is 5.53. The van der Waals surface area contributed by atoms with Crippen molar-refractivity contribution in [2.45, 2.75) is 6.42 Å². The van der Waals surface area contributed by atoms with Crippen LogP contribution in [0.25, 0.3) is 0 Å². The van der Waals surface area contributed by atoms with Crippen LogP contribution in [0.4, 0.5) is 0 Å². The average molecular weight is 179 g/mol. The highest BCUT2D eigenvalue weighted by molar-refractivity contribution is 5.94. The summed E-state index contributed by atoms with van der Waals surface area (Å²) >= 11 is 0. The van der Waals surface area contributed by atoms with Gasteiger partial charge in [-0.3, -0.25) is 4.99 Å². The van der Waals surface area contributed by atoms with Gasteiger partial charge in [0.15, 0.2) is 0 Å². The molecule has 0 heterocycles. The Morgan fingerprint density at radius 3 is 2.85 bits per heavy atom. The van der Waals surface area contributed by atoms with Crippen LogP contribution in [0, 0.1) is 0 Å². The van der Waals surface area contributed by atoms with Crippen LogP contribution in [0.3, 0.4) is 0 Å². The number of rotatable bonds is 1. The molecule has 1 aliphatic rings. The molecule has 5 nitrogen and oxygen atoms in total. The highest BCUT2D eigenvalue weighted by atomic mass is 15.2. The molecule has 13 heavy (non-hydrogen) atoms. The molecule has 0 aromatic heterocycles.